The molecular formula is C13H6F2N6O. The van der Waals surface area contributed by atoms with Crippen LogP contribution in [0, 0.1) is 23.0 Å². The van der Waals surface area contributed by atoms with Gasteiger partial charge in [0, 0.05) is 12.3 Å². The molecule has 7 nitrogen and oxygen atoms in total. The van der Waals surface area contributed by atoms with E-state index in [9.17, 15) is 8.78 Å². The summed E-state index contributed by atoms with van der Waals surface area (Å²) in [5, 5.41) is 21.4. The Labute approximate surface area is 122 Å². The van der Waals surface area contributed by atoms with Crippen molar-refractivity contribution in [1.29, 1.82) is 5.26 Å². The molecule has 0 fully saturated rings. The Morgan fingerprint density at radius 2 is 2.05 bits per heavy atom. The predicted molar refractivity (Wildman–Crippen MR) is 68.6 cm³/mol. The lowest BCUT2D eigenvalue weighted by Gasteiger charge is -2.07. The van der Waals surface area contributed by atoms with Crippen LogP contribution in [0.15, 0.2) is 30.5 Å². The first-order valence-corrected chi connectivity index (χ1v) is 5.94. The topological polar surface area (TPSA) is 100 Å². The first-order chi connectivity index (χ1) is 10.7. The van der Waals surface area contributed by atoms with E-state index < -0.39 is 11.6 Å². The van der Waals surface area contributed by atoms with Crippen LogP contribution in [0.3, 0.4) is 0 Å². The fraction of sp³-hybridized carbons (Fsp3) is 0. The lowest BCUT2D eigenvalue weighted by molar-refractivity contribution is 0.420. The molecule has 22 heavy (non-hydrogen) atoms. The van der Waals surface area contributed by atoms with Gasteiger partial charge in [0.05, 0.1) is 11.1 Å². The van der Waals surface area contributed by atoms with Gasteiger partial charge in [-0.2, -0.15) is 5.26 Å². The number of H-pyrrole nitrogens is 1. The summed E-state index contributed by atoms with van der Waals surface area (Å²) in [6.07, 6.45) is 1.16. The summed E-state index contributed by atoms with van der Waals surface area (Å²) >= 11 is 0. The highest BCUT2D eigenvalue weighted by molar-refractivity contribution is 5.56. The summed E-state index contributed by atoms with van der Waals surface area (Å²) in [5.41, 5.74) is 0.204. The van der Waals surface area contributed by atoms with E-state index in [1.165, 1.54) is 12.1 Å². The van der Waals surface area contributed by atoms with Gasteiger partial charge in [0.1, 0.15) is 17.6 Å². The molecule has 2 aromatic heterocycles. The molecule has 0 atom stereocenters. The third-order valence-corrected chi connectivity index (χ3v) is 2.69. The number of hydrogen-bond acceptors (Lipinski definition) is 6. The highest BCUT2D eigenvalue weighted by Gasteiger charge is 2.12. The lowest BCUT2D eigenvalue weighted by atomic mass is 10.2. The molecule has 0 bridgehead atoms. The number of nitrogens with zero attached hydrogens (tertiary/aromatic N) is 5. The number of ether oxygens (including phenoxy) is 1. The molecule has 0 amide bonds. The number of aromatic amines is 1. The summed E-state index contributed by atoms with van der Waals surface area (Å²) in [6, 6.07) is 6.58. The van der Waals surface area contributed by atoms with Crippen LogP contribution in [0.5, 0.6) is 11.6 Å². The zero-order chi connectivity index (χ0) is 15.5. The molecule has 0 spiro atoms. The van der Waals surface area contributed by atoms with Gasteiger partial charge in [-0.25, -0.2) is 18.9 Å². The summed E-state index contributed by atoms with van der Waals surface area (Å²) in [7, 11) is 0. The maximum absolute atomic E-state index is 14.0. The largest absolute Gasteiger partial charge is 0.436 e. The minimum atomic E-state index is -0.817. The SMILES string of the molecule is N#Cc1cnc(Oc2ccc(-c3nnn[nH]3)c(F)c2)c(F)c1. The van der Waals surface area contributed by atoms with E-state index >= 15 is 0 Å². The van der Waals surface area contributed by atoms with Gasteiger partial charge < -0.3 is 4.74 Å². The molecule has 0 aliphatic heterocycles. The number of tetrazole rings is 1. The number of aromatic nitrogens is 5. The van der Waals surface area contributed by atoms with Crippen molar-refractivity contribution < 1.29 is 13.5 Å². The van der Waals surface area contributed by atoms with Crippen LogP contribution in [0.4, 0.5) is 8.78 Å². The van der Waals surface area contributed by atoms with E-state index in [1.807, 2.05) is 0 Å². The first kappa shape index (κ1) is 13.6. The lowest BCUT2D eigenvalue weighted by Crippen LogP contribution is -1.95. The van der Waals surface area contributed by atoms with E-state index in [0.717, 1.165) is 18.3 Å². The molecule has 0 radical (unpaired) electrons. The molecule has 0 saturated carbocycles. The Hall–Kier alpha value is -3.41. The quantitative estimate of drug-likeness (QED) is 0.795. The van der Waals surface area contributed by atoms with Crippen molar-refractivity contribution in [3.63, 3.8) is 0 Å². The van der Waals surface area contributed by atoms with Crippen molar-refractivity contribution in [3.8, 4) is 29.1 Å². The predicted octanol–water partition coefficient (Wildman–Crippen LogP) is 2.20. The van der Waals surface area contributed by atoms with Crippen molar-refractivity contribution in [2.24, 2.45) is 0 Å². The number of halogens is 2. The fourth-order valence-corrected chi connectivity index (χ4v) is 1.70. The molecule has 3 rings (SSSR count). The van der Waals surface area contributed by atoms with Crippen molar-refractivity contribution in [2.75, 3.05) is 0 Å². The van der Waals surface area contributed by atoms with E-state index in [1.54, 1.807) is 6.07 Å². The van der Waals surface area contributed by atoms with E-state index in [-0.39, 0.29) is 28.6 Å². The average molecular weight is 300 g/mol. The van der Waals surface area contributed by atoms with Gasteiger partial charge in [-0.3, -0.25) is 0 Å². The molecule has 0 aliphatic carbocycles. The molecule has 9 heteroatoms. The summed E-state index contributed by atoms with van der Waals surface area (Å²) < 4.78 is 32.8. The Morgan fingerprint density at radius 3 is 2.68 bits per heavy atom. The van der Waals surface area contributed by atoms with Gasteiger partial charge in [-0.15, -0.1) is 5.10 Å². The maximum Gasteiger partial charge on any atom is 0.255 e. The van der Waals surface area contributed by atoms with Crippen LogP contribution in [-0.4, -0.2) is 25.6 Å². The molecular weight excluding hydrogens is 294 g/mol. The van der Waals surface area contributed by atoms with Crippen LogP contribution < -0.4 is 4.74 Å². The minimum absolute atomic E-state index is 0.0461. The second-order valence-corrected chi connectivity index (χ2v) is 4.12. The Balaban J connectivity index is 1.88. The molecule has 0 saturated heterocycles. The van der Waals surface area contributed by atoms with Crippen LogP contribution in [0.2, 0.25) is 0 Å². The van der Waals surface area contributed by atoms with Gasteiger partial charge in [0.2, 0.25) is 0 Å². The number of nitriles is 1. The summed E-state index contributed by atoms with van der Waals surface area (Å²) in [4.78, 5) is 3.67. The number of benzene rings is 1. The number of rotatable bonds is 3. The first-order valence-electron chi connectivity index (χ1n) is 5.94. The third-order valence-electron chi connectivity index (χ3n) is 2.69. The van der Waals surface area contributed by atoms with E-state index in [4.69, 9.17) is 10.00 Å². The van der Waals surface area contributed by atoms with Gasteiger partial charge in [0.25, 0.3) is 5.88 Å². The smallest absolute Gasteiger partial charge is 0.255 e. The number of nitrogens with one attached hydrogen (secondary N) is 1. The second kappa shape index (κ2) is 5.53. The van der Waals surface area contributed by atoms with Gasteiger partial charge in [0.15, 0.2) is 11.6 Å². The fourth-order valence-electron chi connectivity index (χ4n) is 1.70. The maximum atomic E-state index is 14.0. The van der Waals surface area contributed by atoms with Crippen LogP contribution >= 0.6 is 0 Å². The molecule has 2 heterocycles. The normalized spacial score (nSPS) is 10.2. The minimum Gasteiger partial charge on any atom is -0.436 e. The molecule has 1 N–H and O–H groups in total. The van der Waals surface area contributed by atoms with E-state index in [2.05, 4.69) is 25.6 Å². The molecule has 108 valence electrons. The van der Waals surface area contributed by atoms with Crippen LogP contribution in [0.25, 0.3) is 11.4 Å². The van der Waals surface area contributed by atoms with Gasteiger partial charge >= 0.3 is 0 Å². The highest BCUT2D eigenvalue weighted by Crippen LogP contribution is 2.27. The highest BCUT2D eigenvalue weighted by atomic mass is 19.1. The summed E-state index contributed by atoms with van der Waals surface area (Å²) in [6.45, 7) is 0. The van der Waals surface area contributed by atoms with Crippen molar-refractivity contribution in [3.05, 3.63) is 47.7 Å². The van der Waals surface area contributed by atoms with Crippen molar-refractivity contribution in [2.45, 2.75) is 0 Å². The van der Waals surface area contributed by atoms with Crippen molar-refractivity contribution >= 4 is 0 Å². The number of hydrogen-bond donors (Lipinski definition) is 1. The Morgan fingerprint density at radius 1 is 1.18 bits per heavy atom. The monoisotopic (exact) mass is 300 g/mol. The number of pyridine rings is 1. The molecule has 0 unspecified atom stereocenters. The zero-order valence-corrected chi connectivity index (χ0v) is 10.8. The summed E-state index contributed by atoms with van der Waals surface area (Å²) in [5.74, 6) is -1.61. The molecule has 0 aliphatic rings. The van der Waals surface area contributed by atoms with E-state index in [0.29, 0.717) is 0 Å². The third kappa shape index (κ3) is 2.57. The van der Waals surface area contributed by atoms with Gasteiger partial charge in [-0.05, 0) is 28.6 Å². The average Bonchev–Trinajstić information content (AvgIpc) is 3.03. The van der Waals surface area contributed by atoms with Gasteiger partial charge in [-0.1, -0.05) is 0 Å². The second-order valence-electron chi connectivity index (χ2n) is 4.12. The van der Waals surface area contributed by atoms with Crippen LogP contribution in [0.1, 0.15) is 5.56 Å². The molecule has 3 aromatic rings. The Bertz CT molecular complexity index is 859. The standard InChI is InChI=1S/C13H6F2N6O/c14-10-4-8(1-2-9(10)12-18-20-21-19-12)22-13-11(15)3-7(5-16)6-17-13/h1-4,6H,(H,18,19,20,21). The van der Waals surface area contributed by atoms with Crippen LogP contribution in [-0.2, 0) is 0 Å². The zero-order valence-electron chi connectivity index (χ0n) is 10.8. The molecule has 1 aromatic carbocycles. The van der Waals surface area contributed by atoms with Crippen molar-refractivity contribution in [1.82, 2.24) is 25.6 Å². The Kier molecular flexibility index (Phi) is 3.41.